The highest BCUT2D eigenvalue weighted by Crippen LogP contribution is 2.27. The number of thiophene rings is 1. The van der Waals surface area contributed by atoms with Gasteiger partial charge in [-0.3, -0.25) is 0 Å². The summed E-state index contributed by atoms with van der Waals surface area (Å²) in [6, 6.07) is 6.10. The van der Waals surface area contributed by atoms with Crippen LogP contribution < -0.4 is 0 Å². The molecule has 3 nitrogen and oxygen atoms in total. The van der Waals surface area contributed by atoms with E-state index in [0.29, 0.717) is 5.69 Å². The highest BCUT2D eigenvalue weighted by molar-refractivity contribution is 7.13. The Labute approximate surface area is 86.3 Å². The van der Waals surface area contributed by atoms with Crippen LogP contribution in [0.2, 0.25) is 0 Å². The van der Waals surface area contributed by atoms with Crippen LogP contribution in [0.25, 0.3) is 10.6 Å². The van der Waals surface area contributed by atoms with E-state index >= 15 is 0 Å². The molecule has 0 aliphatic rings. The second-order valence-corrected chi connectivity index (χ2v) is 3.95. The monoisotopic (exact) mass is 203 g/mol. The van der Waals surface area contributed by atoms with Gasteiger partial charge >= 0.3 is 0 Å². The lowest BCUT2D eigenvalue weighted by atomic mass is 10.3. The summed E-state index contributed by atoms with van der Waals surface area (Å²) >= 11 is 1.62. The van der Waals surface area contributed by atoms with Gasteiger partial charge in [-0.2, -0.15) is 5.26 Å². The molecule has 0 atom stereocenters. The summed E-state index contributed by atoms with van der Waals surface area (Å²) < 4.78 is 1.95. The van der Waals surface area contributed by atoms with Gasteiger partial charge in [0.15, 0.2) is 5.69 Å². The first-order valence-electron chi connectivity index (χ1n) is 4.21. The van der Waals surface area contributed by atoms with Crippen molar-refractivity contribution in [1.29, 1.82) is 5.26 Å². The fourth-order valence-electron chi connectivity index (χ4n) is 1.38. The zero-order valence-electron chi connectivity index (χ0n) is 7.98. The first kappa shape index (κ1) is 8.97. The van der Waals surface area contributed by atoms with Crippen molar-refractivity contribution < 1.29 is 0 Å². The molecule has 0 saturated carbocycles. The van der Waals surface area contributed by atoms with Crippen LogP contribution in [0.4, 0.5) is 0 Å². The summed E-state index contributed by atoms with van der Waals surface area (Å²) in [6.45, 7) is 1.90. The summed E-state index contributed by atoms with van der Waals surface area (Å²) in [5.74, 6) is 0.866. The van der Waals surface area contributed by atoms with E-state index in [4.69, 9.17) is 5.26 Å². The topological polar surface area (TPSA) is 41.6 Å². The average Bonchev–Trinajstić information content (AvgIpc) is 2.76. The Morgan fingerprint density at radius 2 is 2.36 bits per heavy atom. The van der Waals surface area contributed by atoms with Crippen LogP contribution in [-0.4, -0.2) is 9.55 Å². The lowest BCUT2D eigenvalue weighted by Crippen LogP contribution is -1.93. The van der Waals surface area contributed by atoms with Gasteiger partial charge < -0.3 is 4.57 Å². The minimum Gasteiger partial charge on any atom is -0.330 e. The van der Waals surface area contributed by atoms with Gasteiger partial charge in [-0.05, 0) is 18.4 Å². The van der Waals surface area contributed by atoms with Gasteiger partial charge in [0.25, 0.3) is 0 Å². The first-order chi connectivity index (χ1) is 6.74. The normalized spacial score (nSPS) is 10.1. The highest BCUT2D eigenvalue weighted by Gasteiger charge is 2.13. The van der Waals surface area contributed by atoms with Crippen molar-refractivity contribution in [2.75, 3.05) is 0 Å². The van der Waals surface area contributed by atoms with Crippen LogP contribution in [0.1, 0.15) is 11.5 Å². The van der Waals surface area contributed by atoms with Crippen LogP contribution in [0, 0.1) is 18.3 Å². The zero-order chi connectivity index (χ0) is 10.1. The number of aryl methyl sites for hydroxylation is 1. The lowest BCUT2D eigenvalue weighted by molar-refractivity contribution is 0.866. The molecular weight excluding hydrogens is 194 g/mol. The molecule has 0 saturated heterocycles. The van der Waals surface area contributed by atoms with Gasteiger partial charge in [0, 0.05) is 7.05 Å². The number of nitrogens with zero attached hydrogens (tertiary/aromatic N) is 3. The van der Waals surface area contributed by atoms with Crippen molar-refractivity contribution in [1.82, 2.24) is 9.55 Å². The predicted molar refractivity (Wildman–Crippen MR) is 56.0 cm³/mol. The Balaban J connectivity index is 2.69. The molecule has 0 aliphatic carbocycles. The van der Waals surface area contributed by atoms with Gasteiger partial charge in [-0.1, -0.05) is 6.07 Å². The van der Waals surface area contributed by atoms with E-state index in [9.17, 15) is 0 Å². The van der Waals surface area contributed by atoms with Crippen LogP contribution >= 0.6 is 11.3 Å². The summed E-state index contributed by atoms with van der Waals surface area (Å²) in [5, 5.41) is 10.9. The van der Waals surface area contributed by atoms with Crippen LogP contribution in [-0.2, 0) is 7.05 Å². The first-order valence-corrected chi connectivity index (χ1v) is 5.09. The molecule has 4 heteroatoms. The molecule has 2 aromatic rings. The smallest absolute Gasteiger partial charge is 0.167 e. The van der Waals surface area contributed by atoms with E-state index in [2.05, 4.69) is 11.1 Å². The molecule has 0 radical (unpaired) electrons. The molecule has 70 valence electrons. The Hall–Kier alpha value is -1.60. The van der Waals surface area contributed by atoms with Crippen molar-refractivity contribution in [3.05, 3.63) is 29.0 Å². The maximum Gasteiger partial charge on any atom is 0.167 e. The molecule has 14 heavy (non-hydrogen) atoms. The van der Waals surface area contributed by atoms with E-state index in [1.165, 1.54) is 0 Å². The van der Waals surface area contributed by atoms with Crippen LogP contribution in [0.15, 0.2) is 17.5 Å². The van der Waals surface area contributed by atoms with Crippen molar-refractivity contribution >= 4 is 11.3 Å². The number of hydrogen-bond acceptors (Lipinski definition) is 3. The third-order valence-electron chi connectivity index (χ3n) is 2.18. The SMILES string of the molecule is Cc1nc(C#N)c(-c2cccs2)n1C. The van der Waals surface area contributed by atoms with Gasteiger partial charge in [0.05, 0.1) is 10.6 Å². The Kier molecular flexibility index (Phi) is 2.10. The predicted octanol–water partition coefficient (Wildman–Crippen LogP) is 2.33. The largest absolute Gasteiger partial charge is 0.330 e. The number of nitriles is 1. The number of aromatic nitrogens is 2. The fourth-order valence-corrected chi connectivity index (χ4v) is 2.19. The zero-order valence-corrected chi connectivity index (χ0v) is 8.80. The van der Waals surface area contributed by atoms with Gasteiger partial charge in [0.1, 0.15) is 11.9 Å². The standard InChI is InChI=1S/C10H9N3S/c1-7-12-8(6-11)10(13(7)2)9-4-3-5-14-9/h3-5H,1-2H3. The Bertz CT molecular complexity index is 488. The molecule has 2 rings (SSSR count). The summed E-state index contributed by atoms with van der Waals surface area (Å²) in [4.78, 5) is 5.28. The Morgan fingerprint density at radius 1 is 1.57 bits per heavy atom. The highest BCUT2D eigenvalue weighted by atomic mass is 32.1. The summed E-state index contributed by atoms with van der Waals surface area (Å²) in [7, 11) is 1.93. The molecule has 0 unspecified atom stereocenters. The molecule has 0 bridgehead atoms. The lowest BCUT2D eigenvalue weighted by Gasteiger charge is -2.00. The van der Waals surface area contributed by atoms with Gasteiger partial charge in [-0.25, -0.2) is 4.98 Å². The molecule has 2 heterocycles. The van der Waals surface area contributed by atoms with Gasteiger partial charge in [-0.15, -0.1) is 11.3 Å². The third-order valence-corrected chi connectivity index (χ3v) is 3.06. The van der Waals surface area contributed by atoms with Crippen LogP contribution in [0.5, 0.6) is 0 Å². The molecule has 0 aliphatic heterocycles. The molecule has 2 aromatic heterocycles. The minimum atomic E-state index is 0.507. The van der Waals surface area contributed by atoms with E-state index in [-0.39, 0.29) is 0 Å². The van der Waals surface area contributed by atoms with Crippen molar-refractivity contribution in [3.63, 3.8) is 0 Å². The summed E-state index contributed by atoms with van der Waals surface area (Å²) in [5.41, 5.74) is 1.42. The molecule has 0 aromatic carbocycles. The van der Waals surface area contributed by atoms with Crippen LogP contribution in [0.3, 0.4) is 0 Å². The number of imidazole rings is 1. The van der Waals surface area contributed by atoms with E-state index in [1.807, 2.05) is 36.1 Å². The van der Waals surface area contributed by atoms with Crippen molar-refractivity contribution in [3.8, 4) is 16.6 Å². The molecule has 0 fully saturated rings. The maximum absolute atomic E-state index is 8.93. The Morgan fingerprint density at radius 3 is 2.93 bits per heavy atom. The second kappa shape index (κ2) is 3.28. The fraction of sp³-hybridized carbons (Fsp3) is 0.200. The maximum atomic E-state index is 8.93. The third kappa shape index (κ3) is 1.22. The van der Waals surface area contributed by atoms with Crippen molar-refractivity contribution in [2.45, 2.75) is 6.92 Å². The van der Waals surface area contributed by atoms with Crippen molar-refractivity contribution in [2.24, 2.45) is 7.05 Å². The second-order valence-electron chi connectivity index (χ2n) is 3.00. The van der Waals surface area contributed by atoms with E-state index in [1.54, 1.807) is 11.3 Å². The molecule has 0 spiro atoms. The quantitative estimate of drug-likeness (QED) is 0.713. The average molecular weight is 203 g/mol. The summed E-state index contributed by atoms with van der Waals surface area (Å²) in [6.07, 6.45) is 0. The molecule has 0 amide bonds. The number of hydrogen-bond donors (Lipinski definition) is 0. The molecule has 0 N–H and O–H groups in total. The minimum absolute atomic E-state index is 0.507. The van der Waals surface area contributed by atoms with Gasteiger partial charge in [0.2, 0.25) is 0 Å². The van der Waals surface area contributed by atoms with E-state index in [0.717, 1.165) is 16.4 Å². The van der Waals surface area contributed by atoms with E-state index < -0.39 is 0 Å². The number of rotatable bonds is 1. The molecular formula is C10H9N3S.